The zero-order valence-corrected chi connectivity index (χ0v) is 18.2. The summed E-state index contributed by atoms with van der Waals surface area (Å²) in [5.74, 6) is 0. The Kier molecular flexibility index (Phi) is 5.55. The van der Waals surface area contributed by atoms with Gasteiger partial charge in [-0.05, 0) is 37.4 Å². The van der Waals surface area contributed by atoms with Crippen molar-refractivity contribution in [1.29, 1.82) is 0 Å². The van der Waals surface area contributed by atoms with Crippen LogP contribution in [0.1, 0.15) is 13.8 Å². The molecule has 1 atom stereocenters. The van der Waals surface area contributed by atoms with Gasteiger partial charge in [0.1, 0.15) is 0 Å². The summed E-state index contributed by atoms with van der Waals surface area (Å²) in [6.45, 7) is 3.88. The minimum absolute atomic E-state index is 0.538. The van der Waals surface area contributed by atoms with E-state index in [0.717, 1.165) is 16.5 Å². The van der Waals surface area contributed by atoms with Gasteiger partial charge < -0.3 is 5.32 Å². The minimum atomic E-state index is -0.717. The van der Waals surface area contributed by atoms with Crippen LogP contribution in [0.4, 0.5) is 16.2 Å². The van der Waals surface area contributed by atoms with E-state index in [1.165, 1.54) is 11.8 Å². The maximum atomic E-state index is 13.0. The molecule has 3 aromatic carbocycles. The van der Waals surface area contributed by atoms with E-state index in [2.05, 4.69) is 10.7 Å². The molecular formula is C22H22N4O2S2. The number of urea groups is 1. The summed E-state index contributed by atoms with van der Waals surface area (Å²) in [7, 11) is 0. The summed E-state index contributed by atoms with van der Waals surface area (Å²) in [5.41, 5.74) is 4.66. The number of hydrazine groups is 1. The molecule has 1 saturated heterocycles. The number of thioether (sulfide) groups is 1. The van der Waals surface area contributed by atoms with Crippen molar-refractivity contribution in [1.82, 2.24) is 10.1 Å². The van der Waals surface area contributed by atoms with Crippen molar-refractivity contribution >= 4 is 56.5 Å². The molecule has 4 rings (SSSR count). The molecule has 30 heavy (non-hydrogen) atoms. The standard InChI is InChI=1S/C22H22N4O2S2/c1-22(2)19(25(21(29)30-22)24-16-11-4-3-5-12-16)26(28)20(27)23-18-14-8-10-15-9-6-7-13-17(15)18/h3-14,19,24,28H,1-2H3,(H,23,27). The van der Waals surface area contributed by atoms with Crippen LogP contribution in [0.25, 0.3) is 10.8 Å². The smallest absolute Gasteiger partial charge is 0.305 e. The van der Waals surface area contributed by atoms with Gasteiger partial charge in [-0.25, -0.2) is 9.80 Å². The van der Waals surface area contributed by atoms with Crippen molar-refractivity contribution in [3.05, 3.63) is 72.8 Å². The van der Waals surface area contributed by atoms with E-state index in [4.69, 9.17) is 12.2 Å². The van der Waals surface area contributed by atoms with Crippen LogP contribution in [0.5, 0.6) is 0 Å². The van der Waals surface area contributed by atoms with Crippen molar-refractivity contribution in [3.8, 4) is 0 Å². The highest BCUT2D eigenvalue weighted by Crippen LogP contribution is 2.42. The molecule has 154 valence electrons. The molecule has 3 N–H and O–H groups in total. The van der Waals surface area contributed by atoms with Gasteiger partial charge in [0.05, 0.1) is 16.1 Å². The lowest BCUT2D eigenvalue weighted by Gasteiger charge is -2.37. The molecule has 0 aliphatic carbocycles. The maximum absolute atomic E-state index is 13.0. The number of para-hydroxylation sites is 1. The number of anilines is 2. The molecule has 1 fully saturated rings. The predicted molar refractivity (Wildman–Crippen MR) is 127 cm³/mol. The number of amides is 2. The van der Waals surface area contributed by atoms with Crippen LogP contribution in [0.15, 0.2) is 72.8 Å². The monoisotopic (exact) mass is 438 g/mol. The molecule has 2 amide bonds. The highest BCUT2D eigenvalue weighted by atomic mass is 32.2. The molecule has 8 heteroatoms. The fourth-order valence-electron chi connectivity index (χ4n) is 3.52. The molecule has 0 bridgehead atoms. The lowest BCUT2D eigenvalue weighted by Crippen LogP contribution is -2.57. The third-order valence-corrected chi connectivity index (χ3v) is 6.46. The number of hydrogen-bond donors (Lipinski definition) is 3. The Morgan fingerprint density at radius 1 is 1.07 bits per heavy atom. The van der Waals surface area contributed by atoms with Crippen LogP contribution in [-0.2, 0) is 0 Å². The molecule has 0 aromatic heterocycles. The molecule has 0 saturated carbocycles. The van der Waals surface area contributed by atoms with Gasteiger partial charge in [0.2, 0.25) is 0 Å². The van der Waals surface area contributed by atoms with Crippen LogP contribution in [0.3, 0.4) is 0 Å². The third kappa shape index (κ3) is 3.94. The molecule has 1 aliphatic heterocycles. The van der Waals surface area contributed by atoms with Crippen molar-refractivity contribution in [2.75, 3.05) is 10.7 Å². The first-order valence-electron chi connectivity index (χ1n) is 9.47. The summed E-state index contributed by atoms with van der Waals surface area (Å²) in [5, 5.41) is 18.0. The van der Waals surface area contributed by atoms with E-state index in [1.54, 1.807) is 5.01 Å². The number of hydrogen-bond acceptors (Lipinski definition) is 5. The lowest BCUT2D eigenvalue weighted by molar-refractivity contribution is -0.110. The van der Waals surface area contributed by atoms with Crippen molar-refractivity contribution in [2.45, 2.75) is 24.8 Å². The van der Waals surface area contributed by atoms with Crippen molar-refractivity contribution in [2.24, 2.45) is 0 Å². The summed E-state index contributed by atoms with van der Waals surface area (Å²) in [6.07, 6.45) is -0.717. The maximum Gasteiger partial charge on any atom is 0.347 e. The van der Waals surface area contributed by atoms with Crippen LogP contribution < -0.4 is 10.7 Å². The molecular weight excluding hydrogens is 416 g/mol. The molecule has 6 nitrogen and oxygen atoms in total. The second kappa shape index (κ2) is 8.14. The molecule has 0 spiro atoms. The summed E-state index contributed by atoms with van der Waals surface area (Å²) in [6, 6.07) is 22.3. The minimum Gasteiger partial charge on any atom is -0.305 e. The van der Waals surface area contributed by atoms with Gasteiger partial charge in [0.15, 0.2) is 10.5 Å². The van der Waals surface area contributed by atoms with Crippen LogP contribution in [-0.4, -0.2) is 36.5 Å². The number of fused-ring (bicyclic) bond motifs is 1. The van der Waals surface area contributed by atoms with Crippen LogP contribution in [0.2, 0.25) is 0 Å². The zero-order valence-electron chi connectivity index (χ0n) is 16.6. The second-order valence-electron chi connectivity index (χ2n) is 7.49. The van der Waals surface area contributed by atoms with Crippen molar-refractivity contribution in [3.63, 3.8) is 0 Å². The van der Waals surface area contributed by atoms with Gasteiger partial charge >= 0.3 is 6.03 Å². The topological polar surface area (TPSA) is 67.8 Å². The Balaban J connectivity index is 1.59. The number of thiocarbonyl (C=S) groups is 1. The van der Waals surface area contributed by atoms with E-state index < -0.39 is 16.9 Å². The van der Waals surface area contributed by atoms with E-state index in [9.17, 15) is 10.0 Å². The lowest BCUT2D eigenvalue weighted by atomic mass is 10.1. The number of carbonyl (C=O) groups excluding carboxylic acids is 1. The summed E-state index contributed by atoms with van der Waals surface area (Å²) in [4.78, 5) is 13.0. The Morgan fingerprint density at radius 3 is 2.50 bits per heavy atom. The van der Waals surface area contributed by atoms with E-state index >= 15 is 0 Å². The van der Waals surface area contributed by atoms with Gasteiger partial charge in [-0.2, -0.15) is 5.06 Å². The number of carbonyl (C=O) groups is 1. The molecule has 3 aromatic rings. The average molecular weight is 439 g/mol. The number of rotatable bonds is 4. The Bertz CT molecular complexity index is 1090. The van der Waals surface area contributed by atoms with Crippen LogP contribution in [0, 0.1) is 0 Å². The number of nitrogens with one attached hydrogen (secondary N) is 2. The number of nitrogens with zero attached hydrogens (tertiary/aromatic N) is 2. The molecule has 1 aliphatic rings. The Hall–Kier alpha value is -2.81. The Morgan fingerprint density at radius 2 is 1.73 bits per heavy atom. The first-order chi connectivity index (χ1) is 14.4. The van der Waals surface area contributed by atoms with Gasteiger partial charge in [-0.3, -0.25) is 10.6 Å². The quantitative estimate of drug-likeness (QED) is 0.283. The van der Waals surface area contributed by atoms with Gasteiger partial charge in [-0.15, -0.1) is 0 Å². The molecule has 0 radical (unpaired) electrons. The Labute approximate surface area is 184 Å². The number of hydroxylamine groups is 2. The largest absolute Gasteiger partial charge is 0.347 e. The SMILES string of the molecule is CC1(C)SC(=S)N(Nc2ccccc2)C1N(O)C(=O)Nc1cccc2ccccc12. The van der Waals surface area contributed by atoms with Gasteiger partial charge in [-0.1, -0.05) is 78.6 Å². The molecule has 1 unspecified atom stereocenters. The highest BCUT2D eigenvalue weighted by Gasteiger charge is 2.50. The second-order valence-corrected chi connectivity index (χ2v) is 9.78. The number of benzene rings is 3. The average Bonchev–Trinajstić information content (AvgIpc) is 2.96. The zero-order chi connectivity index (χ0) is 21.3. The van der Waals surface area contributed by atoms with Crippen molar-refractivity contribution < 1.29 is 10.0 Å². The van der Waals surface area contributed by atoms with Gasteiger partial charge in [0.25, 0.3) is 0 Å². The van der Waals surface area contributed by atoms with E-state index in [0.29, 0.717) is 15.1 Å². The fourth-order valence-corrected chi connectivity index (χ4v) is 5.31. The fraction of sp³-hybridized carbons (Fsp3) is 0.182. The first kappa shape index (κ1) is 20.5. The first-order valence-corrected chi connectivity index (χ1v) is 10.7. The molecule has 1 heterocycles. The van der Waals surface area contributed by atoms with E-state index in [-0.39, 0.29) is 0 Å². The van der Waals surface area contributed by atoms with Gasteiger partial charge in [0, 0.05) is 5.39 Å². The third-order valence-electron chi connectivity index (χ3n) is 4.91. The van der Waals surface area contributed by atoms with Crippen LogP contribution >= 0.6 is 24.0 Å². The summed E-state index contributed by atoms with van der Waals surface area (Å²) >= 11 is 6.95. The highest BCUT2D eigenvalue weighted by molar-refractivity contribution is 8.24. The predicted octanol–water partition coefficient (Wildman–Crippen LogP) is 5.53. The van der Waals surface area contributed by atoms with E-state index in [1.807, 2.05) is 86.6 Å². The summed E-state index contributed by atoms with van der Waals surface area (Å²) < 4.78 is 0.00911. The normalized spacial score (nSPS) is 17.8.